The monoisotopic (exact) mass is 207 g/mol. The number of fused-ring (bicyclic) bond motifs is 1. The maximum atomic E-state index is 5.62. The van der Waals surface area contributed by atoms with Crippen LogP contribution in [0.3, 0.4) is 0 Å². The Balaban J connectivity index is 2.28. The minimum Gasteiger partial charge on any atom is -0.497 e. The van der Waals surface area contributed by atoms with Gasteiger partial charge in [-0.1, -0.05) is 6.92 Å². The van der Waals surface area contributed by atoms with Crippen molar-refractivity contribution >= 4 is 5.69 Å². The van der Waals surface area contributed by atoms with Crippen LogP contribution in [-0.2, 0) is 0 Å². The fourth-order valence-corrected chi connectivity index (χ4v) is 1.89. The number of benzene rings is 1. The van der Waals surface area contributed by atoms with Crippen molar-refractivity contribution in [1.82, 2.24) is 0 Å². The molecular weight excluding hydrogens is 190 g/mol. The zero-order valence-corrected chi connectivity index (χ0v) is 9.32. The van der Waals surface area contributed by atoms with Crippen LogP contribution in [-0.4, -0.2) is 26.8 Å². The molecule has 15 heavy (non-hydrogen) atoms. The van der Waals surface area contributed by atoms with E-state index < -0.39 is 0 Å². The van der Waals surface area contributed by atoms with Gasteiger partial charge in [-0.05, 0) is 18.6 Å². The third kappa shape index (κ3) is 2.01. The molecule has 0 atom stereocenters. The number of nitrogens with zero attached hydrogens (tertiary/aromatic N) is 1. The summed E-state index contributed by atoms with van der Waals surface area (Å²) in [5, 5.41) is 0. The molecule has 1 heterocycles. The normalized spacial score (nSPS) is 14.4. The predicted molar refractivity (Wildman–Crippen MR) is 61.0 cm³/mol. The van der Waals surface area contributed by atoms with E-state index in [4.69, 9.17) is 9.47 Å². The lowest BCUT2D eigenvalue weighted by molar-refractivity contribution is 0.304. The van der Waals surface area contributed by atoms with Crippen molar-refractivity contribution in [3.63, 3.8) is 0 Å². The van der Waals surface area contributed by atoms with Crippen molar-refractivity contribution in [2.24, 2.45) is 0 Å². The summed E-state index contributed by atoms with van der Waals surface area (Å²) in [6.45, 7) is 5.02. The van der Waals surface area contributed by atoms with E-state index in [1.54, 1.807) is 7.11 Å². The molecule has 0 saturated heterocycles. The number of hydrogen-bond acceptors (Lipinski definition) is 3. The summed E-state index contributed by atoms with van der Waals surface area (Å²) in [4.78, 5) is 2.36. The van der Waals surface area contributed by atoms with E-state index in [0.29, 0.717) is 0 Å². The molecule has 0 amide bonds. The number of rotatable bonds is 3. The fraction of sp³-hybridized carbons (Fsp3) is 0.500. The first-order chi connectivity index (χ1) is 7.35. The van der Waals surface area contributed by atoms with Crippen molar-refractivity contribution in [2.75, 3.05) is 31.7 Å². The van der Waals surface area contributed by atoms with Crippen LogP contribution in [0.25, 0.3) is 0 Å². The Morgan fingerprint density at radius 3 is 3.07 bits per heavy atom. The van der Waals surface area contributed by atoms with Crippen molar-refractivity contribution in [2.45, 2.75) is 13.3 Å². The zero-order chi connectivity index (χ0) is 10.7. The van der Waals surface area contributed by atoms with Crippen molar-refractivity contribution < 1.29 is 9.47 Å². The Morgan fingerprint density at radius 1 is 1.47 bits per heavy atom. The third-order valence-electron chi connectivity index (χ3n) is 2.62. The lowest BCUT2D eigenvalue weighted by Crippen LogP contribution is -2.33. The van der Waals surface area contributed by atoms with Crippen molar-refractivity contribution in [1.29, 1.82) is 0 Å². The highest BCUT2D eigenvalue weighted by molar-refractivity contribution is 5.62. The molecule has 0 unspecified atom stereocenters. The van der Waals surface area contributed by atoms with E-state index in [2.05, 4.69) is 17.9 Å². The van der Waals surface area contributed by atoms with Gasteiger partial charge >= 0.3 is 0 Å². The second-order valence-electron chi connectivity index (χ2n) is 3.67. The molecule has 3 heteroatoms. The summed E-state index contributed by atoms with van der Waals surface area (Å²) in [6.07, 6.45) is 1.16. The molecule has 1 aromatic rings. The lowest BCUT2D eigenvalue weighted by atomic mass is 10.2. The van der Waals surface area contributed by atoms with Gasteiger partial charge in [0.15, 0.2) is 0 Å². The van der Waals surface area contributed by atoms with Gasteiger partial charge in [0.25, 0.3) is 0 Å². The maximum Gasteiger partial charge on any atom is 0.146 e. The molecule has 0 fully saturated rings. The van der Waals surface area contributed by atoms with Gasteiger partial charge in [0.2, 0.25) is 0 Å². The molecule has 0 aliphatic carbocycles. The molecule has 0 spiro atoms. The van der Waals surface area contributed by atoms with Gasteiger partial charge in [0, 0.05) is 12.6 Å². The van der Waals surface area contributed by atoms with Gasteiger partial charge in [-0.15, -0.1) is 0 Å². The molecule has 0 N–H and O–H groups in total. The van der Waals surface area contributed by atoms with Crippen LogP contribution in [0.2, 0.25) is 0 Å². The van der Waals surface area contributed by atoms with Gasteiger partial charge in [-0.2, -0.15) is 0 Å². The number of hydrogen-bond donors (Lipinski definition) is 0. The van der Waals surface area contributed by atoms with Crippen LogP contribution < -0.4 is 14.4 Å². The molecule has 1 aromatic carbocycles. The minimum atomic E-state index is 0.764. The molecule has 1 aliphatic rings. The maximum absolute atomic E-state index is 5.62. The van der Waals surface area contributed by atoms with Crippen LogP contribution in [0.15, 0.2) is 18.2 Å². The summed E-state index contributed by atoms with van der Waals surface area (Å²) < 4.78 is 10.8. The molecule has 3 nitrogen and oxygen atoms in total. The Kier molecular flexibility index (Phi) is 2.99. The van der Waals surface area contributed by atoms with E-state index in [0.717, 1.165) is 37.6 Å². The molecule has 1 aliphatic heterocycles. The Morgan fingerprint density at radius 2 is 2.33 bits per heavy atom. The third-order valence-corrected chi connectivity index (χ3v) is 2.62. The van der Waals surface area contributed by atoms with Gasteiger partial charge in [0.1, 0.15) is 18.1 Å². The Labute approximate surface area is 90.6 Å². The average Bonchev–Trinajstić information content (AvgIpc) is 2.29. The van der Waals surface area contributed by atoms with Gasteiger partial charge < -0.3 is 14.4 Å². The van der Waals surface area contributed by atoms with E-state index in [1.807, 2.05) is 12.1 Å². The van der Waals surface area contributed by atoms with Crippen LogP contribution in [0, 0.1) is 0 Å². The number of anilines is 1. The number of ether oxygens (including phenoxy) is 2. The topological polar surface area (TPSA) is 21.7 Å². The standard InChI is InChI=1S/C12H17NO2/c1-3-6-13-7-8-15-12-9-10(14-2)4-5-11(12)13/h4-5,9H,3,6-8H2,1-2H3. The summed E-state index contributed by atoms with van der Waals surface area (Å²) in [7, 11) is 1.67. The van der Waals surface area contributed by atoms with E-state index in [9.17, 15) is 0 Å². The second-order valence-corrected chi connectivity index (χ2v) is 3.67. The van der Waals surface area contributed by atoms with Crippen LogP contribution in [0.1, 0.15) is 13.3 Å². The van der Waals surface area contributed by atoms with E-state index in [1.165, 1.54) is 5.69 Å². The smallest absolute Gasteiger partial charge is 0.146 e. The summed E-state index contributed by atoms with van der Waals surface area (Å²) >= 11 is 0. The first-order valence-corrected chi connectivity index (χ1v) is 5.41. The first kappa shape index (κ1) is 10.1. The quantitative estimate of drug-likeness (QED) is 0.759. The molecular formula is C12H17NO2. The van der Waals surface area contributed by atoms with Crippen LogP contribution in [0.5, 0.6) is 11.5 Å². The van der Waals surface area contributed by atoms with Crippen LogP contribution >= 0.6 is 0 Å². The molecule has 0 aromatic heterocycles. The van der Waals surface area contributed by atoms with Crippen molar-refractivity contribution in [3.8, 4) is 11.5 Å². The summed E-state index contributed by atoms with van der Waals surface area (Å²) in [6, 6.07) is 6.01. The van der Waals surface area contributed by atoms with Gasteiger partial charge in [-0.3, -0.25) is 0 Å². The number of methoxy groups -OCH3 is 1. The SMILES string of the molecule is CCCN1CCOc2cc(OC)ccc21. The second kappa shape index (κ2) is 4.43. The molecule has 0 radical (unpaired) electrons. The van der Waals surface area contributed by atoms with Gasteiger partial charge in [0.05, 0.1) is 19.3 Å². The largest absolute Gasteiger partial charge is 0.497 e. The highest BCUT2D eigenvalue weighted by atomic mass is 16.5. The Bertz CT molecular complexity index is 338. The molecule has 82 valence electrons. The molecule has 2 rings (SSSR count). The highest BCUT2D eigenvalue weighted by Crippen LogP contribution is 2.34. The fourth-order valence-electron chi connectivity index (χ4n) is 1.89. The van der Waals surface area contributed by atoms with E-state index >= 15 is 0 Å². The average molecular weight is 207 g/mol. The highest BCUT2D eigenvalue weighted by Gasteiger charge is 2.17. The van der Waals surface area contributed by atoms with Crippen LogP contribution in [0.4, 0.5) is 5.69 Å². The minimum absolute atomic E-state index is 0.764. The van der Waals surface area contributed by atoms with Crippen molar-refractivity contribution in [3.05, 3.63) is 18.2 Å². The predicted octanol–water partition coefficient (Wildman–Crippen LogP) is 2.30. The zero-order valence-electron chi connectivity index (χ0n) is 9.32. The molecule has 0 saturated carbocycles. The molecule has 0 bridgehead atoms. The summed E-state index contributed by atoms with van der Waals surface area (Å²) in [5.74, 6) is 1.79. The summed E-state index contributed by atoms with van der Waals surface area (Å²) in [5.41, 5.74) is 1.18. The Hall–Kier alpha value is -1.38. The first-order valence-electron chi connectivity index (χ1n) is 5.41. The van der Waals surface area contributed by atoms with E-state index in [-0.39, 0.29) is 0 Å². The lowest BCUT2D eigenvalue weighted by Gasteiger charge is -2.31. The van der Waals surface area contributed by atoms with Gasteiger partial charge in [-0.25, -0.2) is 0 Å².